The summed E-state index contributed by atoms with van der Waals surface area (Å²) in [5.41, 5.74) is 1.17. The van der Waals surface area contributed by atoms with Gasteiger partial charge in [0.25, 0.3) is 0 Å². The predicted octanol–water partition coefficient (Wildman–Crippen LogP) is 3.05. The van der Waals surface area contributed by atoms with E-state index >= 15 is 0 Å². The molecule has 0 radical (unpaired) electrons. The normalized spacial score (nSPS) is 10.4. The Hall–Kier alpha value is -1.38. The van der Waals surface area contributed by atoms with Crippen LogP contribution in [0, 0.1) is 0 Å². The van der Waals surface area contributed by atoms with Gasteiger partial charge in [0.15, 0.2) is 11.5 Å². The summed E-state index contributed by atoms with van der Waals surface area (Å²) in [7, 11) is 3.28. The molecule has 0 atom stereocenters. The van der Waals surface area contributed by atoms with Gasteiger partial charge in [0.05, 0.1) is 20.3 Å². The van der Waals surface area contributed by atoms with Crippen molar-refractivity contribution in [2.24, 2.45) is 0 Å². The fourth-order valence-electron chi connectivity index (χ4n) is 1.49. The maximum absolute atomic E-state index is 5.71. The molecule has 0 aliphatic heterocycles. The van der Waals surface area contributed by atoms with Crippen LogP contribution in [0.25, 0.3) is 0 Å². The maximum atomic E-state index is 5.71. The van der Waals surface area contributed by atoms with Crippen LogP contribution in [0.15, 0.2) is 12.1 Å². The summed E-state index contributed by atoms with van der Waals surface area (Å²) in [5, 5.41) is 0. The van der Waals surface area contributed by atoms with Crippen LogP contribution < -0.4 is 14.2 Å². The van der Waals surface area contributed by atoms with E-state index in [0.29, 0.717) is 5.75 Å². The second-order valence-corrected chi connectivity index (χ2v) is 3.85. The first-order valence-electron chi connectivity index (χ1n) is 5.53. The maximum Gasteiger partial charge on any atom is 0.203 e. The number of aryl methyl sites for hydroxylation is 1. The molecule has 3 nitrogen and oxygen atoms in total. The van der Waals surface area contributed by atoms with Gasteiger partial charge in [0, 0.05) is 0 Å². The second kappa shape index (κ2) is 5.64. The molecule has 16 heavy (non-hydrogen) atoms. The van der Waals surface area contributed by atoms with E-state index in [0.717, 1.165) is 17.9 Å². The standard InChI is InChI=1S/C13H20O3/c1-6-10-7-11(14-4)13(16-9(2)3)12(8-10)15-5/h7-9H,6H2,1-5H3. The van der Waals surface area contributed by atoms with Crippen LogP contribution in [0.5, 0.6) is 17.2 Å². The van der Waals surface area contributed by atoms with Crippen molar-refractivity contribution < 1.29 is 14.2 Å². The van der Waals surface area contributed by atoms with Gasteiger partial charge in [-0.1, -0.05) is 6.92 Å². The first-order valence-corrected chi connectivity index (χ1v) is 5.53. The molecule has 0 spiro atoms. The Morgan fingerprint density at radius 2 is 1.56 bits per heavy atom. The first-order chi connectivity index (χ1) is 7.62. The minimum absolute atomic E-state index is 0.0928. The molecule has 0 saturated heterocycles. The van der Waals surface area contributed by atoms with Crippen molar-refractivity contribution in [3.8, 4) is 17.2 Å². The molecule has 0 N–H and O–H groups in total. The Kier molecular flexibility index (Phi) is 4.47. The fraction of sp³-hybridized carbons (Fsp3) is 0.538. The van der Waals surface area contributed by atoms with Gasteiger partial charge >= 0.3 is 0 Å². The van der Waals surface area contributed by atoms with E-state index in [2.05, 4.69) is 6.92 Å². The van der Waals surface area contributed by atoms with Crippen molar-refractivity contribution in [1.29, 1.82) is 0 Å². The Morgan fingerprint density at radius 1 is 1.06 bits per heavy atom. The SMILES string of the molecule is CCc1cc(OC)c(OC(C)C)c(OC)c1. The molecule has 90 valence electrons. The molecular formula is C13H20O3. The van der Waals surface area contributed by atoms with Crippen molar-refractivity contribution >= 4 is 0 Å². The van der Waals surface area contributed by atoms with Crippen molar-refractivity contribution in [1.82, 2.24) is 0 Å². The molecule has 0 fully saturated rings. The molecule has 3 heteroatoms. The van der Waals surface area contributed by atoms with Gasteiger partial charge < -0.3 is 14.2 Å². The highest BCUT2D eigenvalue weighted by Gasteiger charge is 2.14. The molecule has 1 aromatic rings. The van der Waals surface area contributed by atoms with E-state index in [1.54, 1.807) is 14.2 Å². The zero-order valence-corrected chi connectivity index (χ0v) is 10.7. The van der Waals surface area contributed by atoms with E-state index in [-0.39, 0.29) is 6.10 Å². The number of rotatable bonds is 5. The topological polar surface area (TPSA) is 27.7 Å². The summed E-state index contributed by atoms with van der Waals surface area (Å²) in [5.74, 6) is 2.13. The Morgan fingerprint density at radius 3 is 1.88 bits per heavy atom. The molecule has 0 heterocycles. The van der Waals surface area contributed by atoms with E-state index in [4.69, 9.17) is 14.2 Å². The minimum atomic E-state index is 0.0928. The van der Waals surface area contributed by atoms with E-state index in [9.17, 15) is 0 Å². The third-order valence-corrected chi connectivity index (χ3v) is 2.28. The molecule has 0 aliphatic rings. The Labute approximate surface area is 97.3 Å². The number of ether oxygens (including phenoxy) is 3. The van der Waals surface area contributed by atoms with Gasteiger partial charge in [0.1, 0.15) is 0 Å². The van der Waals surface area contributed by atoms with Crippen LogP contribution in [-0.4, -0.2) is 20.3 Å². The van der Waals surface area contributed by atoms with Crippen LogP contribution >= 0.6 is 0 Å². The lowest BCUT2D eigenvalue weighted by Crippen LogP contribution is -2.08. The van der Waals surface area contributed by atoms with Gasteiger partial charge in [0.2, 0.25) is 5.75 Å². The average molecular weight is 224 g/mol. The summed E-state index contributed by atoms with van der Waals surface area (Å²) in [4.78, 5) is 0. The van der Waals surface area contributed by atoms with E-state index < -0.39 is 0 Å². The molecule has 0 amide bonds. The van der Waals surface area contributed by atoms with Gasteiger partial charge in [-0.3, -0.25) is 0 Å². The lowest BCUT2D eigenvalue weighted by Gasteiger charge is -2.17. The van der Waals surface area contributed by atoms with Crippen LogP contribution in [0.3, 0.4) is 0 Å². The zero-order chi connectivity index (χ0) is 12.1. The average Bonchev–Trinajstić information content (AvgIpc) is 2.28. The van der Waals surface area contributed by atoms with Gasteiger partial charge in [-0.15, -0.1) is 0 Å². The predicted molar refractivity (Wildman–Crippen MR) is 64.7 cm³/mol. The van der Waals surface area contributed by atoms with Crippen molar-refractivity contribution in [3.05, 3.63) is 17.7 Å². The highest BCUT2D eigenvalue weighted by molar-refractivity contribution is 5.54. The van der Waals surface area contributed by atoms with E-state index in [1.807, 2.05) is 26.0 Å². The number of methoxy groups -OCH3 is 2. The van der Waals surface area contributed by atoms with Crippen molar-refractivity contribution in [3.63, 3.8) is 0 Å². The van der Waals surface area contributed by atoms with Gasteiger partial charge in [-0.05, 0) is 38.0 Å². The molecule has 0 saturated carbocycles. The highest BCUT2D eigenvalue weighted by Crippen LogP contribution is 2.39. The molecule has 1 rings (SSSR count). The van der Waals surface area contributed by atoms with Crippen molar-refractivity contribution in [2.75, 3.05) is 14.2 Å². The molecule has 0 aromatic heterocycles. The third-order valence-electron chi connectivity index (χ3n) is 2.28. The Balaban J connectivity index is 3.20. The lowest BCUT2D eigenvalue weighted by atomic mass is 10.1. The minimum Gasteiger partial charge on any atom is -0.493 e. The molecule has 1 aromatic carbocycles. The number of hydrogen-bond donors (Lipinski definition) is 0. The third kappa shape index (κ3) is 2.81. The quantitative estimate of drug-likeness (QED) is 0.769. The molecular weight excluding hydrogens is 204 g/mol. The summed E-state index contributed by atoms with van der Waals surface area (Å²) in [6.07, 6.45) is 1.03. The van der Waals surface area contributed by atoms with Crippen molar-refractivity contribution in [2.45, 2.75) is 33.3 Å². The molecule has 0 bridgehead atoms. The summed E-state index contributed by atoms with van der Waals surface area (Å²) < 4.78 is 16.4. The summed E-state index contributed by atoms with van der Waals surface area (Å²) in [6.45, 7) is 6.05. The van der Waals surface area contributed by atoms with Crippen LogP contribution in [0.1, 0.15) is 26.3 Å². The van der Waals surface area contributed by atoms with Crippen LogP contribution in [0.2, 0.25) is 0 Å². The molecule has 0 unspecified atom stereocenters. The first kappa shape index (κ1) is 12.7. The summed E-state index contributed by atoms with van der Waals surface area (Å²) >= 11 is 0. The number of hydrogen-bond acceptors (Lipinski definition) is 3. The van der Waals surface area contributed by atoms with Gasteiger partial charge in [-0.2, -0.15) is 0 Å². The monoisotopic (exact) mass is 224 g/mol. The van der Waals surface area contributed by atoms with Crippen LogP contribution in [-0.2, 0) is 6.42 Å². The smallest absolute Gasteiger partial charge is 0.203 e. The largest absolute Gasteiger partial charge is 0.493 e. The number of benzene rings is 1. The lowest BCUT2D eigenvalue weighted by molar-refractivity contribution is 0.218. The molecule has 0 aliphatic carbocycles. The highest BCUT2D eigenvalue weighted by atomic mass is 16.5. The van der Waals surface area contributed by atoms with Crippen LogP contribution in [0.4, 0.5) is 0 Å². The second-order valence-electron chi connectivity index (χ2n) is 3.85. The summed E-state index contributed by atoms with van der Waals surface area (Å²) in [6, 6.07) is 3.97. The van der Waals surface area contributed by atoms with Gasteiger partial charge in [-0.25, -0.2) is 0 Å². The fourth-order valence-corrected chi connectivity index (χ4v) is 1.49. The Bertz CT molecular complexity index is 320. The van der Waals surface area contributed by atoms with E-state index in [1.165, 1.54) is 5.56 Å². The zero-order valence-electron chi connectivity index (χ0n) is 10.7.